The van der Waals surface area contributed by atoms with Crippen LogP contribution in [0.15, 0.2) is 18.7 Å². The molecule has 1 N–H and O–H groups in total. The Bertz CT molecular complexity index is 371. The summed E-state index contributed by atoms with van der Waals surface area (Å²) < 4.78 is 5.97. The maximum atomic E-state index is 5.97. The van der Waals surface area contributed by atoms with Gasteiger partial charge in [-0.2, -0.15) is 0 Å². The first-order valence-electron chi connectivity index (χ1n) is 7.06. The van der Waals surface area contributed by atoms with Crippen LogP contribution in [0.5, 0.6) is 0 Å². The van der Waals surface area contributed by atoms with Gasteiger partial charge in [0, 0.05) is 37.1 Å². The van der Waals surface area contributed by atoms with Crippen molar-refractivity contribution in [2.45, 2.75) is 39.0 Å². The summed E-state index contributed by atoms with van der Waals surface area (Å²) in [5, 5.41) is 3.50. The molecule has 0 radical (unpaired) electrons. The molecule has 1 aliphatic heterocycles. The van der Waals surface area contributed by atoms with Crippen LogP contribution in [0.3, 0.4) is 0 Å². The summed E-state index contributed by atoms with van der Waals surface area (Å²) in [6, 6.07) is 0.716. The van der Waals surface area contributed by atoms with Gasteiger partial charge in [-0.1, -0.05) is 6.92 Å². The van der Waals surface area contributed by atoms with Crippen molar-refractivity contribution in [1.82, 2.24) is 20.2 Å². The Balaban J connectivity index is 2.10. The zero-order valence-corrected chi connectivity index (χ0v) is 12.0. The minimum atomic E-state index is 0.155. The first-order chi connectivity index (χ1) is 9.22. The van der Waals surface area contributed by atoms with E-state index in [4.69, 9.17) is 4.74 Å². The molecule has 2 heterocycles. The lowest BCUT2D eigenvalue weighted by Crippen LogP contribution is -2.50. The van der Waals surface area contributed by atoms with Gasteiger partial charge in [0.05, 0.1) is 18.8 Å². The highest BCUT2D eigenvalue weighted by Gasteiger charge is 2.30. The highest BCUT2D eigenvalue weighted by atomic mass is 16.5. The zero-order valence-electron chi connectivity index (χ0n) is 12.0. The standard InChI is InChI=1S/C14H24N4O/c1-4-17-14(12-7-15-10-16-8-12)13-9-18(11(2)3)5-6-19-13/h7-8,10-11,13-14,17H,4-6,9H2,1-3H3. The number of likely N-dealkylation sites (N-methyl/N-ethyl adjacent to an activating group) is 1. The number of nitrogens with zero attached hydrogens (tertiary/aromatic N) is 3. The van der Waals surface area contributed by atoms with Crippen LogP contribution in [-0.2, 0) is 4.74 Å². The SMILES string of the molecule is CCNC(c1cncnc1)C1CN(C(C)C)CCO1. The van der Waals surface area contributed by atoms with E-state index in [1.807, 2.05) is 12.4 Å². The van der Waals surface area contributed by atoms with Crippen molar-refractivity contribution in [2.75, 3.05) is 26.2 Å². The summed E-state index contributed by atoms with van der Waals surface area (Å²) >= 11 is 0. The van der Waals surface area contributed by atoms with E-state index >= 15 is 0 Å². The van der Waals surface area contributed by atoms with Gasteiger partial charge in [-0.3, -0.25) is 4.90 Å². The van der Waals surface area contributed by atoms with E-state index in [9.17, 15) is 0 Å². The molecule has 5 nitrogen and oxygen atoms in total. The molecule has 0 aliphatic carbocycles. The molecule has 0 aromatic carbocycles. The Hall–Kier alpha value is -1.04. The van der Waals surface area contributed by atoms with Gasteiger partial charge in [-0.25, -0.2) is 9.97 Å². The van der Waals surface area contributed by atoms with Crippen LogP contribution >= 0.6 is 0 Å². The first kappa shape index (κ1) is 14.4. The Morgan fingerprint density at radius 2 is 2.16 bits per heavy atom. The molecule has 19 heavy (non-hydrogen) atoms. The summed E-state index contributed by atoms with van der Waals surface area (Å²) in [6.45, 7) is 10.2. The average molecular weight is 264 g/mol. The van der Waals surface area contributed by atoms with E-state index in [0.29, 0.717) is 6.04 Å². The van der Waals surface area contributed by atoms with Gasteiger partial charge in [0.25, 0.3) is 0 Å². The van der Waals surface area contributed by atoms with E-state index in [2.05, 4.69) is 41.0 Å². The van der Waals surface area contributed by atoms with Crippen molar-refractivity contribution in [1.29, 1.82) is 0 Å². The number of hydrogen-bond donors (Lipinski definition) is 1. The summed E-state index contributed by atoms with van der Waals surface area (Å²) in [7, 11) is 0. The van der Waals surface area contributed by atoms with Crippen LogP contribution < -0.4 is 5.32 Å². The monoisotopic (exact) mass is 264 g/mol. The quantitative estimate of drug-likeness (QED) is 0.867. The summed E-state index contributed by atoms with van der Waals surface area (Å²) in [6.07, 6.45) is 5.46. The molecule has 1 aromatic heterocycles. The van der Waals surface area contributed by atoms with Gasteiger partial charge in [-0.15, -0.1) is 0 Å². The fraction of sp³-hybridized carbons (Fsp3) is 0.714. The van der Waals surface area contributed by atoms with Crippen molar-refractivity contribution >= 4 is 0 Å². The van der Waals surface area contributed by atoms with Crippen LogP contribution in [0, 0.1) is 0 Å². The minimum Gasteiger partial charge on any atom is -0.374 e. The van der Waals surface area contributed by atoms with E-state index in [1.54, 1.807) is 6.33 Å². The number of nitrogens with one attached hydrogen (secondary N) is 1. The second-order valence-corrected chi connectivity index (χ2v) is 5.21. The predicted molar refractivity (Wildman–Crippen MR) is 74.9 cm³/mol. The minimum absolute atomic E-state index is 0.155. The van der Waals surface area contributed by atoms with Gasteiger partial charge < -0.3 is 10.1 Å². The van der Waals surface area contributed by atoms with Crippen LogP contribution in [0.25, 0.3) is 0 Å². The number of ether oxygens (including phenoxy) is 1. The molecular formula is C14H24N4O. The first-order valence-corrected chi connectivity index (χ1v) is 7.06. The van der Waals surface area contributed by atoms with Crippen LogP contribution in [0.4, 0.5) is 0 Å². The highest BCUT2D eigenvalue weighted by Crippen LogP contribution is 2.22. The van der Waals surface area contributed by atoms with Gasteiger partial charge in [0.2, 0.25) is 0 Å². The lowest BCUT2D eigenvalue weighted by Gasteiger charge is -2.39. The largest absolute Gasteiger partial charge is 0.374 e. The molecule has 1 saturated heterocycles. The Labute approximate surface area is 115 Å². The lowest BCUT2D eigenvalue weighted by molar-refractivity contribution is -0.0559. The topological polar surface area (TPSA) is 50.3 Å². The molecule has 1 fully saturated rings. The van der Waals surface area contributed by atoms with E-state index in [1.165, 1.54) is 0 Å². The number of morpholine rings is 1. The fourth-order valence-corrected chi connectivity index (χ4v) is 2.52. The van der Waals surface area contributed by atoms with Crippen molar-refractivity contribution in [3.05, 3.63) is 24.3 Å². The molecule has 106 valence electrons. The molecule has 2 unspecified atom stereocenters. The smallest absolute Gasteiger partial charge is 0.115 e. The van der Waals surface area contributed by atoms with Crippen LogP contribution in [-0.4, -0.2) is 53.3 Å². The van der Waals surface area contributed by atoms with E-state index in [0.717, 1.165) is 31.8 Å². The third kappa shape index (κ3) is 3.72. The molecule has 0 amide bonds. The zero-order chi connectivity index (χ0) is 13.7. The molecule has 1 aliphatic rings. The molecule has 0 spiro atoms. The maximum Gasteiger partial charge on any atom is 0.115 e. The van der Waals surface area contributed by atoms with Crippen molar-refractivity contribution in [2.24, 2.45) is 0 Å². The van der Waals surface area contributed by atoms with E-state index in [-0.39, 0.29) is 12.1 Å². The average Bonchev–Trinajstić information content (AvgIpc) is 2.46. The third-order valence-corrected chi connectivity index (χ3v) is 3.59. The van der Waals surface area contributed by atoms with Crippen LogP contribution in [0.1, 0.15) is 32.4 Å². The molecule has 2 atom stereocenters. The molecular weight excluding hydrogens is 240 g/mol. The van der Waals surface area contributed by atoms with Gasteiger partial charge in [0.1, 0.15) is 6.33 Å². The van der Waals surface area contributed by atoms with Crippen LogP contribution in [0.2, 0.25) is 0 Å². The second kappa shape index (κ2) is 6.93. The van der Waals surface area contributed by atoms with Crippen molar-refractivity contribution < 1.29 is 4.74 Å². The Kier molecular flexibility index (Phi) is 5.24. The normalized spacial score (nSPS) is 22.6. The Morgan fingerprint density at radius 1 is 1.42 bits per heavy atom. The number of aromatic nitrogens is 2. The second-order valence-electron chi connectivity index (χ2n) is 5.21. The molecule has 2 rings (SSSR count). The van der Waals surface area contributed by atoms with Gasteiger partial charge in [-0.05, 0) is 20.4 Å². The van der Waals surface area contributed by atoms with Gasteiger partial charge in [0.15, 0.2) is 0 Å². The predicted octanol–water partition coefficient (Wildman–Crippen LogP) is 1.24. The highest BCUT2D eigenvalue weighted by molar-refractivity contribution is 5.12. The summed E-state index contributed by atoms with van der Waals surface area (Å²) in [5.41, 5.74) is 1.10. The molecule has 0 saturated carbocycles. The number of rotatable bonds is 5. The van der Waals surface area contributed by atoms with Crippen molar-refractivity contribution in [3.8, 4) is 0 Å². The lowest BCUT2D eigenvalue weighted by atomic mass is 10.0. The third-order valence-electron chi connectivity index (χ3n) is 3.59. The Morgan fingerprint density at radius 3 is 2.79 bits per heavy atom. The fourth-order valence-electron chi connectivity index (χ4n) is 2.52. The molecule has 0 bridgehead atoms. The molecule has 5 heteroatoms. The van der Waals surface area contributed by atoms with E-state index < -0.39 is 0 Å². The number of hydrogen-bond acceptors (Lipinski definition) is 5. The molecule has 1 aromatic rings. The van der Waals surface area contributed by atoms with Gasteiger partial charge >= 0.3 is 0 Å². The summed E-state index contributed by atoms with van der Waals surface area (Å²) in [5.74, 6) is 0. The summed E-state index contributed by atoms with van der Waals surface area (Å²) in [4.78, 5) is 10.7. The van der Waals surface area contributed by atoms with Crippen molar-refractivity contribution in [3.63, 3.8) is 0 Å². The maximum absolute atomic E-state index is 5.97.